The topological polar surface area (TPSA) is 118 Å². The van der Waals surface area contributed by atoms with E-state index in [-0.39, 0.29) is 16.4 Å². The molecular formula is C22H23N3O6S2. The summed E-state index contributed by atoms with van der Waals surface area (Å²) in [4.78, 5) is 24.5. The molecule has 0 radical (unpaired) electrons. The molecule has 33 heavy (non-hydrogen) atoms. The third-order valence-electron chi connectivity index (χ3n) is 4.42. The van der Waals surface area contributed by atoms with Crippen molar-refractivity contribution in [1.82, 2.24) is 4.72 Å². The van der Waals surface area contributed by atoms with Crippen LogP contribution in [0, 0.1) is 0 Å². The van der Waals surface area contributed by atoms with E-state index in [0.717, 1.165) is 17.1 Å². The van der Waals surface area contributed by atoms with Crippen molar-refractivity contribution in [3.63, 3.8) is 0 Å². The number of unbranched alkanes of at least 4 members (excludes halogenated alkanes) is 1. The first-order valence-electron chi connectivity index (χ1n) is 10.1. The van der Waals surface area contributed by atoms with Crippen LogP contribution in [-0.4, -0.2) is 27.0 Å². The monoisotopic (exact) mass is 489 g/mol. The molecule has 2 aromatic carbocycles. The Labute approximate surface area is 197 Å². The van der Waals surface area contributed by atoms with Crippen LogP contribution in [0.3, 0.4) is 0 Å². The molecule has 0 saturated carbocycles. The molecule has 3 aromatic rings. The molecule has 174 valence electrons. The predicted octanol–water partition coefficient (Wildman–Crippen LogP) is 4.46. The zero-order valence-corrected chi connectivity index (χ0v) is 19.4. The molecule has 0 saturated heterocycles. The largest absolute Gasteiger partial charge is 0.457 e. The number of esters is 1. The normalized spacial score (nSPS) is 11.1. The molecule has 9 nitrogen and oxygen atoms in total. The van der Waals surface area contributed by atoms with E-state index in [1.807, 2.05) is 6.92 Å². The Morgan fingerprint density at radius 3 is 2.52 bits per heavy atom. The Hall–Kier alpha value is -3.28. The Morgan fingerprint density at radius 2 is 1.85 bits per heavy atom. The van der Waals surface area contributed by atoms with E-state index in [4.69, 9.17) is 9.15 Å². The first-order valence-corrected chi connectivity index (χ1v) is 11.9. The number of rotatable bonds is 9. The zero-order chi connectivity index (χ0) is 23.8. The van der Waals surface area contributed by atoms with Crippen molar-refractivity contribution in [3.8, 4) is 5.75 Å². The van der Waals surface area contributed by atoms with Crippen LogP contribution in [0.1, 0.15) is 30.3 Å². The lowest BCUT2D eigenvalue weighted by Gasteiger charge is -2.17. The van der Waals surface area contributed by atoms with Crippen LogP contribution in [0.15, 0.2) is 76.2 Å². The highest BCUT2D eigenvalue weighted by Crippen LogP contribution is 2.23. The van der Waals surface area contributed by atoms with E-state index >= 15 is 0 Å². The molecule has 0 fully saturated rings. The van der Waals surface area contributed by atoms with Crippen molar-refractivity contribution >= 4 is 46.2 Å². The third kappa shape index (κ3) is 6.60. The number of hydrogen-bond donors (Lipinski definition) is 3. The number of anilines is 2. The van der Waals surface area contributed by atoms with Gasteiger partial charge in [0.25, 0.3) is 0 Å². The molecule has 1 aromatic heterocycles. The summed E-state index contributed by atoms with van der Waals surface area (Å²) in [5.41, 5.74) is 0.694. The van der Waals surface area contributed by atoms with E-state index in [1.165, 1.54) is 54.8 Å². The van der Waals surface area contributed by atoms with Crippen molar-refractivity contribution in [2.45, 2.75) is 24.7 Å². The summed E-state index contributed by atoms with van der Waals surface area (Å²) in [6.07, 6.45) is 2.96. The number of urea groups is 1. The zero-order valence-electron chi connectivity index (χ0n) is 17.7. The third-order valence-corrected chi connectivity index (χ3v) is 6.30. The maximum Gasteiger partial charge on any atom is 0.379 e. The standard InChI is InChI=1S/C22H23N3O6S2/c1-2-3-13-23-33(28,29)19-7-4-6-16(15-19)24-22(27)25(32)17-9-11-18(12-10-17)31-21(26)20-8-5-14-30-20/h4-12,14-15,23,32H,2-3,13H2,1H3,(H,24,27). The Balaban J connectivity index is 1.63. The van der Waals surface area contributed by atoms with Crippen molar-refractivity contribution < 1.29 is 27.2 Å². The van der Waals surface area contributed by atoms with Gasteiger partial charge in [0.1, 0.15) is 5.75 Å². The second kappa shape index (κ2) is 11.0. The van der Waals surface area contributed by atoms with Crippen LogP contribution in [-0.2, 0) is 10.0 Å². The summed E-state index contributed by atoms with van der Waals surface area (Å²) in [5, 5.41) is 2.61. The number of ether oxygens (including phenoxy) is 1. The van der Waals surface area contributed by atoms with E-state index < -0.39 is 22.0 Å². The van der Waals surface area contributed by atoms with Crippen LogP contribution >= 0.6 is 12.8 Å². The smallest absolute Gasteiger partial charge is 0.379 e. The summed E-state index contributed by atoms with van der Waals surface area (Å²) in [6.45, 7) is 2.31. The first-order chi connectivity index (χ1) is 15.8. The van der Waals surface area contributed by atoms with Gasteiger partial charge in [0.2, 0.25) is 15.8 Å². The Kier molecular flexibility index (Phi) is 8.15. The van der Waals surface area contributed by atoms with Gasteiger partial charge in [-0.3, -0.25) is 0 Å². The van der Waals surface area contributed by atoms with E-state index in [0.29, 0.717) is 17.9 Å². The molecule has 3 rings (SSSR count). The molecule has 2 N–H and O–H groups in total. The fraction of sp³-hybridized carbons (Fsp3) is 0.182. The summed E-state index contributed by atoms with van der Waals surface area (Å²) in [5.74, 6) is -0.318. The number of sulfonamides is 1. The molecule has 2 amide bonds. The molecule has 0 spiro atoms. The number of carbonyl (C=O) groups excluding carboxylic acids is 2. The molecule has 0 aliphatic rings. The summed E-state index contributed by atoms with van der Waals surface area (Å²) < 4.78 is 38.5. The lowest BCUT2D eigenvalue weighted by atomic mass is 10.3. The minimum Gasteiger partial charge on any atom is -0.457 e. The average Bonchev–Trinajstić information content (AvgIpc) is 3.35. The van der Waals surface area contributed by atoms with Gasteiger partial charge in [0.05, 0.1) is 16.8 Å². The van der Waals surface area contributed by atoms with Gasteiger partial charge in [-0.1, -0.05) is 32.2 Å². The molecule has 0 bridgehead atoms. The van der Waals surface area contributed by atoms with Crippen LogP contribution in [0.4, 0.5) is 16.2 Å². The molecule has 0 atom stereocenters. The highest BCUT2D eigenvalue weighted by atomic mass is 32.2. The van der Waals surface area contributed by atoms with Crippen LogP contribution in [0.25, 0.3) is 0 Å². The lowest BCUT2D eigenvalue weighted by molar-refractivity contribution is 0.0701. The summed E-state index contributed by atoms with van der Waals surface area (Å²) >= 11 is 4.21. The second-order valence-corrected chi connectivity index (χ2v) is 9.05. The molecule has 1 heterocycles. The summed E-state index contributed by atoms with van der Waals surface area (Å²) in [7, 11) is -3.68. The lowest BCUT2D eigenvalue weighted by Crippen LogP contribution is -2.27. The fourth-order valence-electron chi connectivity index (χ4n) is 2.71. The van der Waals surface area contributed by atoms with Gasteiger partial charge in [0.15, 0.2) is 0 Å². The quantitative estimate of drug-likeness (QED) is 0.177. The molecule has 0 aliphatic carbocycles. The van der Waals surface area contributed by atoms with Crippen molar-refractivity contribution in [2.24, 2.45) is 0 Å². The van der Waals surface area contributed by atoms with Gasteiger partial charge < -0.3 is 14.5 Å². The number of furan rings is 1. The van der Waals surface area contributed by atoms with Gasteiger partial charge in [-0.05, 0) is 61.0 Å². The molecule has 11 heteroatoms. The first kappa shape index (κ1) is 24.4. The number of hydrogen-bond acceptors (Lipinski definition) is 7. The number of nitrogens with zero attached hydrogens (tertiary/aromatic N) is 1. The number of nitrogens with one attached hydrogen (secondary N) is 2. The number of thiol groups is 1. The van der Waals surface area contributed by atoms with E-state index in [9.17, 15) is 18.0 Å². The molecule has 0 unspecified atom stereocenters. The van der Waals surface area contributed by atoms with Crippen LogP contribution in [0.5, 0.6) is 5.75 Å². The van der Waals surface area contributed by atoms with Gasteiger partial charge in [-0.2, -0.15) is 0 Å². The Bertz CT molecular complexity index is 1200. The van der Waals surface area contributed by atoms with E-state index in [1.54, 1.807) is 12.1 Å². The number of benzene rings is 2. The maximum absolute atomic E-state index is 12.6. The highest BCUT2D eigenvalue weighted by molar-refractivity contribution is 7.89. The predicted molar refractivity (Wildman–Crippen MR) is 127 cm³/mol. The van der Waals surface area contributed by atoms with Crippen molar-refractivity contribution in [2.75, 3.05) is 16.2 Å². The fourth-order valence-corrected chi connectivity index (χ4v) is 4.01. The van der Waals surface area contributed by atoms with Gasteiger partial charge >= 0.3 is 12.0 Å². The van der Waals surface area contributed by atoms with Gasteiger partial charge in [-0.25, -0.2) is 27.0 Å². The number of carbonyl (C=O) groups is 2. The van der Waals surface area contributed by atoms with Crippen LogP contribution < -0.4 is 19.1 Å². The minimum absolute atomic E-state index is 0.0462. The van der Waals surface area contributed by atoms with Crippen molar-refractivity contribution in [1.29, 1.82) is 0 Å². The summed E-state index contributed by atoms with van der Waals surface area (Å²) in [6, 6.07) is 14.5. The minimum atomic E-state index is -3.68. The second-order valence-electron chi connectivity index (χ2n) is 6.88. The van der Waals surface area contributed by atoms with Gasteiger partial charge in [-0.15, -0.1) is 0 Å². The molecular weight excluding hydrogens is 466 g/mol. The highest BCUT2D eigenvalue weighted by Gasteiger charge is 2.17. The Morgan fingerprint density at radius 1 is 1.09 bits per heavy atom. The average molecular weight is 490 g/mol. The van der Waals surface area contributed by atoms with Crippen molar-refractivity contribution in [3.05, 3.63) is 72.7 Å². The molecule has 0 aliphatic heterocycles. The van der Waals surface area contributed by atoms with E-state index in [2.05, 4.69) is 22.9 Å². The number of amides is 2. The SMILES string of the molecule is CCCCNS(=O)(=O)c1cccc(NC(=O)N(S)c2ccc(OC(=O)c3ccco3)cc2)c1. The van der Waals surface area contributed by atoms with Gasteiger partial charge in [0, 0.05) is 12.2 Å². The van der Waals surface area contributed by atoms with Crippen LogP contribution in [0.2, 0.25) is 0 Å². The maximum atomic E-state index is 12.6.